The lowest BCUT2D eigenvalue weighted by molar-refractivity contribution is 0.160. The van der Waals surface area contributed by atoms with E-state index in [4.69, 9.17) is 9.47 Å². The number of anilines is 1. The van der Waals surface area contributed by atoms with Crippen LogP contribution in [-0.4, -0.2) is 42.4 Å². The second-order valence-corrected chi connectivity index (χ2v) is 5.83. The van der Waals surface area contributed by atoms with Gasteiger partial charge in [-0.25, -0.2) is 9.97 Å². The molecule has 0 aliphatic carbocycles. The first-order chi connectivity index (χ1) is 9.19. The van der Waals surface area contributed by atoms with Gasteiger partial charge in [-0.15, -0.1) is 0 Å². The average molecular weight is 263 g/mol. The molecule has 0 saturated carbocycles. The van der Waals surface area contributed by atoms with Gasteiger partial charge in [0.05, 0.1) is 12.7 Å². The lowest BCUT2D eigenvalue weighted by Gasteiger charge is -2.24. The van der Waals surface area contributed by atoms with Gasteiger partial charge in [0.25, 0.3) is 5.88 Å². The van der Waals surface area contributed by atoms with Crippen molar-refractivity contribution >= 4 is 5.82 Å². The second-order valence-electron chi connectivity index (χ2n) is 5.83. The summed E-state index contributed by atoms with van der Waals surface area (Å²) in [5.41, 5.74) is 0.326. The van der Waals surface area contributed by atoms with Gasteiger partial charge in [-0.3, -0.25) is 0 Å². The Hall–Kier alpha value is -1.36. The zero-order valence-electron chi connectivity index (χ0n) is 11.6. The molecule has 0 radical (unpaired) electrons. The fourth-order valence-electron chi connectivity index (χ4n) is 2.93. The molecule has 3 rings (SSSR count). The second kappa shape index (κ2) is 4.96. The minimum atomic E-state index is 0.113. The Morgan fingerprint density at radius 2 is 2.16 bits per heavy atom. The minimum absolute atomic E-state index is 0.113. The molecule has 1 atom stereocenters. The summed E-state index contributed by atoms with van der Waals surface area (Å²) in [5, 5.41) is 0. The minimum Gasteiger partial charge on any atom is -0.472 e. The van der Waals surface area contributed by atoms with Gasteiger partial charge in [-0.2, -0.15) is 0 Å². The van der Waals surface area contributed by atoms with Crippen molar-refractivity contribution in [2.45, 2.75) is 32.8 Å². The van der Waals surface area contributed by atoms with Crippen molar-refractivity contribution in [3.05, 3.63) is 12.4 Å². The smallest absolute Gasteiger partial charge is 0.257 e. The highest BCUT2D eigenvalue weighted by atomic mass is 16.5. The normalized spacial score (nSPS) is 26.6. The number of hydrogen-bond acceptors (Lipinski definition) is 5. The largest absolute Gasteiger partial charge is 0.472 e. The van der Waals surface area contributed by atoms with Gasteiger partial charge in [0.2, 0.25) is 0 Å². The Labute approximate surface area is 113 Å². The summed E-state index contributed by atoms with van der Waals surface area (Å²) in [6.45, 7) is 7.80. The lowest BCUT2D eigenvalue weighted by Crippen LogP contribution is -2.28. The quantitative estimate of drug-likeness (QED) is 0.833. The Kier molecular flexibility index (Phi) is 3.31. The summed E-state index contributed by atoms with van der Waals surface area (Å²) in [6.07, 6.45) is 5.86. The summed E-state index contributed by atoms with van der Waals surface area (Å²) in [4.78, 5) is 11.1. The van der Waals surface area contributed by atoms with Gasteiger partial charge in [0.15, 0.2) is 5.82 Å². The van der Waals surface area contributed by atoms with Crippen LogP contribution in [0.15, 0.2) is 12.4 Å². The van der Waals surface area contributed by atoms with Crippen molar-refractivity contribution < 1.29 is 9.47 Å². The van der Waals surface area contributed by atoms with Crippen LogP contribution in [0.1, 0.15) is 26.7 Å². The fourth-order valence-corrected chi connectivity index (χ4v) is 2.93. The van der Waals surface area contributed by atoms with Gasteiger partial charge in [0, 0.05) is 37.5 Å². The van der Waals surface area contributed by atoms with Gasteiger partial charge in [-0.1, -0.05) is 0 Å². The molecule has 5 heteroatoms. The number of nitrogens with zero attached hydrogens (tertiary/aromatic N) is 3. The SMILES string of the molecule is CC(C)Oc1nccnc1N1CCC2(CCOC2)C1. The van der Waals surface area contributed by atoms with E-state index < -0.39 is 0 Å². The highest BCUT2D eigenvalue weighted by Gasteiger charge is 2.42. The van der Waals surface area contributed by atoms with Gasteiger partial charge in [-0.05, 0) is 26.7 Å². The highest BCUT2D eigenvalue weighted by Crippen LogP contribution is 2.41. The molecule has 5 nitrogen and oxygen atoms in total. The van der Waals surface area contributed by atoms with E-state index in [1.807, 2.05) is 13.8 Å². The first-order valence-electron chi connectivity index (χ1n) is 6.99. The number of ether oxygens (including phenoxy) is 2. The molecule has 0 aromatic carbocycles. The van der Waals surface area contributed by atoms with E-state index in [2.05, 4.69) is 14.9 Å². The zero-order valence-corrected chi connectivity index (χ0v) is 11.6. The lowest BCUT2D eigenvalue weighted by atomic mass is 9.87. The molecular formula is C14H21N3O2. The van der Waals surface area contributed by atoms with E-state index in [1.165, 1.54) is 6.42 Å². The van der Waals surface area contributed by atoms with Gasteiger partial charge in [0.1, 0.15) is 0 Å². The Morgan fingerprint density at radius 1 is 1.32 bits per heavy atom. The first kappa shape index (κ1) is 12.7. The maximum Gasteiger partial charge on any atom is 0.257 e. The van der Waals surface area contributed by atoms with E-state index in [9.17, 15) is 0 Å². The van der Waals surface area contributed by atoms with E-state index in [0.717, 1.165) is 38.5 Å². The van der Waals surface area contributed by atoms with Crippen molar-refractivity contribution in [2.75, 3.05) is 31.2 Å². The van der Waals surface area contributed by atoms with Crippen LogP contribution in [-0.2, 0) is 4.74 Å². The molecule has 1 aromatic rings. The molecule has 0 bridgehead atoms. The maximum absolute atomic E-state index is 5.76. The molecular weight excluding hydrogens is 242 g/mol. The molecule has 19 heavy (non-hydrogen) atoms. The number of hydrogen-bond donors (Lipinski definition) is 0. The standard InChI is InChI=1S/C14H21N3O2/c1-11(2)19-13-12(15-5-6-16-13)17-7-3-14(9-17)4-8-18-10-14/h5-6,11H,3-4,7-10H2,1-2H3. The van der Waals surface area contributed by atoms with Crippen LogP contribution in [0.25, 0.3) is 0 Å². The van der Waals surface area contributed by atoms with E-state index in [-0.39, 0.29) is 6.10 Å². The third-order valence-corrected chi connectivity index (χ3v) is 3.92. The third-order valence-electron chi connectivity index (χ3n) is 3.92. The van der Waals surface area contributed by atoms with Crippen molar-refractivity contribution in [3.63, 3.8) is 0 Å². The van der Waals surface area contributed by atoms with E-state index in [1.54, 1.807) is 12.4 Å². The summed E-state index contributed by atoms with van der Waals surface area (Å²) in [5.74, 6) is 1.52. The Morgan fingerprint density at radius 3 is 2.89 bits per heavy atom. The van der Waals surface area contributed by atoms with E-state index in [0.29, 0.717) is 11.3 Å². The van der Waals surface area contributed by atoms with Crippen molar-refractivity contribution in [1.29, 1.82) is 0 Å². The maximum atomic E-state index is 5.76. The van der Waals surface area contributed by atoms with Crippen LogP contribution < -0.4 is 9.64 Å². The monoisotopic (exact) mass is 263 g/mol. The van der Waals surface area contributed by atoms with Gasteiger partial charge >= 0.3 is 0 Å². The molecule has 3 heterocycles. The van der Waals surface area contributed by atoms with Gasteiger partial charge < -0.3 is 14.4 Å². The van der Waals surface area contributed by atoms with Crippen LogP contribution in [0.5, 0.6) is 5.88 Å². The molecule has 104 valence electrons. The zero-order chi connectivity index (χ0) is 13.3. The summed E-state index contributed by atoms with van der Waals surface area (Å²) in [6, 6.07) is 0. The molecule has 0 N–H and O–H groups in total. The molecule has 1 unspecified atom stereocenters. The van der Waals surface area contributed by atoms with Crippen molar-refractivity contribution in [2.24, 2.45) is 5.41 Å². The molecule has 2 fully saturated rings. The Balaban J connectivity index is 1.79. The molecule has 1 aromatic heterocycles. The van der Waals surface area contributed by atoms with Crippen LogP contribution >= 0.6 is 0 Å². The molecule has 2 saturated heterocycles. The topological polar surface area (TPSA) is 47.5 Å². The molecule has 1 spiro atoms. The Bertz CT molecular complexity index is 444. The summed E-state index contributed by atoms with van der Waals surface area (Å²) >= 11 is 0. The predicted molar refractivity (Wildman–Crippen MR) is 72.5 cm³/mol. The van der Waals surface area contributed by atoms with Crippen LogP contribution in [0, 0.1) is 5.41 Å². The molecule has 2 aliphatic rings. The van der Waals surface area contributed by atoms with Crippen LogP contribution in [0.2, 0.25) is 0 Å². The van der Waals surface area contributed by atoms with Crippen molar-refractivity contribution in [3.8, 4) is 5.88 Å². The van der Waals surface area contributed by atoms with Crippen molar-refractivity contribution in [1.82, 2.24) is 9.97 Å². The predicted octanol–water partition coefficient (Wildman–Crippen LogP) is 1.88. The average Bonchev–Trinajstić information content (AvgIpc) is 3.01. The van der Waals surface area contributed by atoms with Crippen LogP contribution in [0.3, 0.4) is 0 Å². The highest BCUT2D eigenvalue weighted by molar-refractivity contribution is 5.49. The molecule has 0 amide bonds. The molecule has 2 aliphatic heterocycles. The fraction of sp³-hybridized carbons (Fsp3) is 0.714. The van der Waals surface area contributed by atoms with Crippen LogP contribution in [0.4, 0.5) is 5.82 Å². The third kappa shape index (κ3) is 2.52. The summed E-state index contributed by atoms with van der Waals surface area (Å²) in [7, 11) is 0. The number of aromatic nitrogens is 2. The summed E-state index contributed by atoms with van der Waals surface area (Å²) < 4.78 is 11.3. The number of rotatable bonds is 3. The first-order valence-corrected chi connectivity index (χ1v) is 6.99. The van der Waals surface area contributed by atoms with E-state index >= 15 is 0 Å².